The lowest BCUT2D eigenvalue weighted by Gasteiger charge is -2.10. The highest BCUT2D eigenvalue weighted by atomic mass is 32.2. The Kier molecular flexibility index (Phi) is 4.97. The number of pyridine rings is 1. The Morgan fingerprint density at radius 3 is 2.71 bits per heavy atom. The Bertz CT molecular complexity index is 704. The van der Waals surface area contributed by atoms with Crippen molar-refractivity contribution < 1.29 is 8.42 Å². The Balaban J connectivity index is 2.18. The van der Waals surface area contributed by atoms with Crippen LogP contribution < -0.4 is 10.0 Å². The van der Waals surface area contributed by atoms with E-state index in [1.54, 1.807) is 23.5 Å². The van der Waals surface area contributed by atoms with Gasteiger partial charge in [-0.2, -0.15) is 0 Å². The normalized spacial score (nSPS) is 11.6. The van der Waals surface area contributed by atoms with Crippen LogP contribution in [0.25, 0.3) is 0 Å². The fourth-order valence-corrected chi connectivity index (χ4v) is 4.10. The molecule has 0 amide bonds. The fraction of sp³-hybridized carbons (Fsp3) is 0.357. The third kappa shape index (κ3) is 3.81. The molecule has 2 aromatic rings. The third-order valence-corrected chi connectivity index (χ3v) is 5.56. The highest BCUT2D eigenvalue weighted by Crippen LogP contribution is 2.22. The van der Waals surface area contributed by atoms with Crippen LogP contribution in [-0.2, 0) is 16.6 Å². The first kappa shape index (κ1) is 15.9. The summed E-state index contributed by atoms with van der Waals surface area (Å²) in [6.45, 7) is 6.88. The van der Waals surface area contributed by atoms with E-state index in [0.29, 0.717) is 12.2 Å². The van der Waals surface area contributed by atoms with Gasteiger partial charge in [0, 0.05) is 29.0 Å². The largest absolute Gasteiger partial charge is 0.383 e. The van der Waals surface area contributed by atoms with Crippen molar-refractivity contribution in [1.29, 1.82) is 0 Å². The molecule has 7 heteroatoms. The summed E-state index contributed by atoms with van der Waals surface area (Å²) in [6.07, 6.45) is 1.48. The predicted octanol–water partition coefficient (Wildman–Crippen LogP) is 2.67. The van der Waals surface area contributed by atoms with E-state index in [-0.39, 0.29) is 11.6 Å². The zero-order chi connectivity index (χ0) is 15.5. The minimum absolute atomic E-state index is 0.0388. The van der Waals surface area contributed by atoms with Crippen LogP contribution in [0.15, 0.2) is 29.4 Å². The number of nitrogens with zero attached hydrogens (tertiary/aromatic N) is 1. The van der Waals surface area contributed by atoms with Crippen LogP contribution in [0.5, 0.6) is 0 Å². The van der Waals surface area contributed by atoms with Crippen molar-refractivity contribution in [3.63, 3.8) is 0 Å². The summed E-state index contributed by atoms with van der Waals surface area (Å²) in [5.74, 6) is 0. The van der Waals surface area contributed by atoms with Crippen LogP contribution in [0.1, 0.15) is 22.2 Å². The first-order valence-electron chi connectivity index (χ1n) is 6.68. The Hall–Kier alpha value is -1.44. The van der Waals surface area contributed by atoms with Crippen LogP contribution in [0.2, 0.25) is 0 Å². The predicted molar refractivity (Wildman–Crippen MR) is 86.2 cm³/mol. The maximum atomic E-state index is 12.4. The molecule has 0 aliphatic heterocycles. The standard InChI is InChI=1S/C14H19N3O2S2/c1-4-15-13-6-5-7-16-14(13)21(18,19)17-9-12-8-10(2)11(3)20-12/h5-8,15,17H,4,9H2,1-3H3. The van der Waals surface area contributed by atoms with Gasteiger partial charge in [0.1, 0.15) is 0 Å². The number of sulfonamides is 1. The first-order chi connectivity index (χ1) is 9.94. The molecule has 0 aliphatic carbocycles. The number of aromatic nitrogens is 1. The van der Waals surface area contributed by atoms with Crippen LogP contribution >= 0.6 is 11.3 Å². The van der Waals surface area contributed by atoms with Crippen LogP contribution in [0.4, 0.5) is 5.69 Å². The van der Waals surface area contributed by atoms with E-state index in [1.807, 2.05) is 26.8 Å². The van der Waals surface area contributed by atoms with Crippen molar-refractivity contribution in [2.24, 2.45) is 0 Å². The van der Waals surface area contributed by atoms with Gasteiger partial charge in [0.15, 0.2) is 5.03 Å². The Morgan fingerprint density at radius 2 is 2.10 bits per heavy atom. The average Bonchev–Trinajstić information content (AvgIpc) is 2.77. The highest BCUT2D eigenvalue weighted by Gasteiger charge is 2.20. The lowest BCUT2D eigenvalue weighted by Crippen LogP contribution is -2.25. The second kappa shape index (κ2) is 6.55. The summed E-state index contributed by atoms with van der Waals surface area (Å²) in [4.78, 5) is 6.19. The molecule has 0 saturated carbocycles. The summed E-state index contributed by atoms with van der Waals surface area (Å²) < 4.78 is 27.4. The topological polar surface area (TPSA) is 71.1 Å². The van der Waals surface area contributed by atoms with E-state index >= 15 is 0 Å². The third-order valence-electron chi connectivity index (χ3n) is 3.05. The quantitative estimate of drug-likeness (QED) is 0.856. The molecule has 0 atom stereocenters. The van der Waals surface area contributed by atoms with E-state index in [4.69, 9.17) is 0 Å². The number of aryl methyl sites for hydroxylation is 2. The van der Waals surface area contributed by atoms with Gasteiger partial charge in [-0.05, 0) is 44.5 Å². The van der Waals surface area contributed by atoms with Gasteiger partial charge >= 0.3 is 0 Å². The molecular formula is C14H19N3O2S2. The molecule has 2 heterocycles. The molecule has 2 rings (SSSR count). The van der Waals surface area contributed by atoms with Crippen molar-refractivity contribution >= 4 is 27.0 Å². The molecule has 0 bridgehead atoms. The van der Waals surface area contributed by atoms with Crippen molar-refractivity contribution in [2.75, 3.05) is 11.9 Å². The number of nitrogens with one attached hydrogen (secondary N) is 2. The molecule has 21 heavy (non-hydrogen) atoms. The van der Waals surface area contributed by atoms with Crippen LogP contribution in [0, 0.1) is 13.8 Å². The minimum Gasteiger partial charge on any atom is -0.383 e. The van der Waals surface area contributed by atoms with Gasteiger partial charge in [-0.25, -0.2) is 18.1 Å². The van der Waals surface area contributed by atoms with Crippen molar-refractivity contribution in [3.8, 4) is 0 Å². The van der Waals surface area contributed by atoms with Gasteiger partial charge in [-0.1, -0.05) is 0 Å². The van der Waals surface area contributed by atoms with E-state index in [1.165, 1.54) is 16.6 Å². The molecule has 5 nitrogen and oxygen atoms in total. The molecule has 0 aromatic carbocycles. The van der Waals surface area contributed by atoms with Gasteiger partial charge in [0.2, 0.25) is 0 Å². The van der Waals surface area contributed by atoms with Crippen molar-refractivity contribution in [3.05, 3.63) is 39.7 Å². The Labute approximate surface area is 129 Å². The lowest BCUT2D eigenvalue weighted by molar-refractivity contribution is 0.578. The van der Waals surface area contributed by atoms with Gasteiger partial charge in [-0.3, -0.25) is 0 Å². The summed E-state index contributed by atoms with van der Waals surface area (Å²) in [5.41, 5.74) is 1.70. The van der Waals surface area contributed by atoms with Crippen LogP contribution in [0.3, 0.4) is 0 Å². The molecule has 0 fully saturated rings. The van der Waals surface area contributed by atoms with E-state index < -0.39 is 10.0 Å². The number of rotatable bonds is 6. The molecule has 2 N–H and O–H groups in total. The SMILES string of the molecule is CCNc1cccnc1S(=O)(=O)NCc1cc(C)c(C)s1. The first-order valence-corrected chi connectivity index (χ1v) is 8.98. The average molecular weight is 325 g/mol. The van der Waals surface area contributed by atoms with Gasteiger partial charge in [0.05, 0.1) is 5.69 Å². The smallest absolute Gasteiger partial charge is 0.260 e. The van der Waals surface area contributed by atoms with E-state index in [2.05, 4.69) is 15.0 Å². The molecule has 0 unspecified atom stereocenters. The zero-order valence-corrected chi connectivity index (χ0v) is 13.9. The van der Waals surface area contributed by atoms with Crippen molar-refractivity contribution in [1.82, 2.24) is 9.71 Å². The van der Waals surface area contributed by atoms with Gasteiger partial charge < -0.3 is 5.32 Å². The molecular weight excluding hydrogens is 306 g/mol. The Morgan fingerprint density at radius 1 is 1.33 bits per heavy atom. The summed E-state index contributed by atoms with van der Waals surface area (Å²) in [7, 11) is -3.63. The number of thiophene rings is 1. The van der Waals surface area contributed by atoms with Crippen LogP contribution in [-0.4, -0.2) is 19.9 Å². The molecule has 114 valence electrons. The summed E-state index contributed by atoms with van der Waals surface area (Å²) >= 11 is 1.60. The number of hydrogen-bond donors (Lipinski definition) is 2. The second-order valence-electron chi connectivity index (χ2n) is 4.66. The number of anilines is 1. The number of hydrogen-bond acceptors (Lipinski definition) is 5. The summed E-state index contributed by atoms with van der Waals surface area (Å²) in [5, 5.41) is 3.05. The lowest BCUT2D eigenvalue weighted by atomic mass is 10.3. The maximum absolute atomic E-state index is 12.4. The summed E-state index contributed by atoms with van der Waals surface area (Å²) in [6, 6.07) is 5.43. The van der Waals surface area contributed by atoms with Gasteiger partial charge in [0.25, 0.3) is 10.0 Å². The highest BCUT2D eigenvalue weighted by molar-refractivity contribution is 7.89. The minimum atomic E-state index is -3.63. The molecule has 2 aromatic heterocycles. The van der Waals surface area contributed by atoms with E-state index in [9.17, 15) is 8.42 Å². The van der Waals surface area contributed by atoms with E-state index in [0.717, 1.165) is 4.88 Å². The molecule has 0 saturated heterocycles. The fourth-order valence-electron chi connectivity index (χ4n) is 1.90. The molecule has 0 radical (unpaired) electrons. The van der Waals surface area contributed by atoms with Gasteiger partial charge in [-0.15, -0.1) is 11.3 Å². The van der Waals surface area contributed by atoms with Crippen molar-refractivity contribution in [2.45, 2.75) is 32.3 Å². The molecule has 0 aliphatic rings. The monoisotopic (exact) mass is 325 g/mol. The molecule has 0 spiro atoms. The zero-order valence-electron chi connectivity index (χ0n) is 12.3. The maximum Gasteiger partial charge on any atom is 0.260 e. The second-order valence-corrected chi connectivity index (χ2v) is 7.69.